The summed E-state index contributed by atoms with van der Waals surface area (Å²) in [5.74, 6) is 0.410. The van der Waals surface area contributed by atoms with Gasteiger partial charge in [-0.05, 0) is 18.1 Å². The van der Waals surface area contributed by atoms with Crippen molar-refractivity contribution in [2.45, 2.75) is 13.3 Å². The summed E-state index contributed by atoms with van der Waals surface area (Å²) in [6.07, 6.45) is 0.865. The second kappa shape index (κ2) is 5.40. The number of hydrogen-bond acceptors (Lipinski definition) is 3. The number of aliphatic hydroxyl groups is 1. The molecule has 1 N–H and O–H groups in total. The van der Waals surface area contributed by atoms with Gasteiger partial charge in [0.15, 0.2) is 5.78 Å². The van der Waals surface area contributed by atoms with E-state index in [-0.39, 0.29) is 12.4 Å². The van der Waals surface area contributed by atoms with Crippen molar-refractivity contribution in [1.29, 1.82) is 0 Å². The maximum absolute atomic E-state index is 10.8. The maximum atomic E-state index is 10.8. The lowest BCUT2D eigenvalue weighted by molar-refractivity contribution is -0.123. The van der Waals surface area contributed by atoms with Gasteiger partial charge in [-0.25, -0.2) is 0 Å². The van der Waals surface area contributed by atoms with Crippen LogP contribution >= 0.6 is 0 Å². The van der Waals surface area contributed by atoms with Gasteiger partial charge in [-0.2, -0.15) is 0 Å². The third kappa shape index (κ3) is 2.85. The smallest absolute Gasteiger partial charge is 0.195 e. The standard InChI is InChI=1S/C11H14O3/c1-2-9-5-3-4-6-11(9)14-8-10(13)7-12/h3-6,12H,2,7-8H2,1H3. The molecule has 0 amide bonds. The number of aryl methyl sites for hydroxylation is 1. The first-order valence-corrected chi connectivity index (χ1v) is 4.61. The molecule has 14 heavy (non-hydrogen) atoms. The van der Waals surface area contributed by atoms with Crippen molar-refractivity contribution < 1.29 is 14.6 Å². The lowest BCUT2D eigenvalue weighted by Gasteiger charge is -2.08. The number of Topliss-reactive ketones (excluding diaryl/α,β-unsaturated/α-hetero) is 1. The number of rotatable bonds is 5. The molecule has 0 aliphatic carbocycles. The Bertz CT molecular complexity index is 307. The minimum Gasteiger partial charge on any atom is -0.485 e. The summed E-state index contributed by atoms with van der Waals surface area (Å²) in [4.78, 5) is 10.8. The average Bonchev–Trinajstić information content (AvgIpc) is 2.26. The average molecular weight is 194 g/mol. The van der Waals surface area contributed by atoms with Gasteiger partial charge in [0.1, 0.15) is 19.0 Å². The van der Waals surface area contributed by atoms with Crippen LogP contribution in [0.15, 0.2) is 24.3 Å². The topological polar surface area (TPSA) is 46.5 Å². The molecule has 0 heterocycles. The van der Waals surface area contributed by atoms with Crippen molar-refractivity contribution >= 4 is 5.78 Å². The van der Waals surface area contributed by atoms with Gasteiger partial charge in [0, 0.05) is 0 Å². The van der Waals surface area contributed by atoms with E-state index in [1.165, 1.54) is 0 Å². The van der Waals surface area contributed by atoms with Crippen LogP contribution in [0.2, 0.25) is 0 Å². The van der Waals surface area contributed by atoms with E-state index in [9.17, 15) is 4.79 Å². The van der Waals surface area contributed by atoms with E-state index in [0.29, 0.717) is 0 Å². The second-order valence-electron chi connectivity index (χ2n) is 2.95. The zero-order chi connectivity index (χ0) is 10.4. The molecule has 1 aromatic carbocycles. The molecule has 1 rings (SSSR count). The highest BCUT2D eigenvalue weighted by Gasteiger charge is 2.03. The molecule has 0 saturated heterocycles. The second-order valence-corrected chi connectivity index (χ2v) is 2.95. The molecule has 0 fully saturated rings. The van der Waals surface area contributed by atoms with Crippen LogP contribution in [-0.2, 0) is 11.2 Å². The Hall–Kier alpha value is -1.35. The van der Waals surface area contributed by atoms with Crippen molar-refractivity contribution in [1.82, 2.24) is 0 Å². The molecule has 3 nitrogen and oxygen atoms in total. The van der Waals surface area contributed by atoms with Crippen LogP contribution in [0.1, 0.15) is 12.5 Å². The van der Waals surface area contributed by atoms with Gasteiger partial charge in [-0.1, -0.05) is 25.1 Å². The molecule has 1 aromatic rings. The van der Waals surface area contributed by atoms with Crippen LogP contribution in [0.25, 0.3) is 0 Å². The third-order valence-corrected chi connectivity index (χ3v) is 1.92. The molecular weight excluding hydrogens is 180 g/mol. The summed E-state index contributed by atoms with van der Waals surface area (Å²) in [6, 6.07) is 7.57. The summed E-state index contributed by atoms with van der Waals surface area (Å²) < 4.78 is 5.27. The van der Waals surface area contributed by atoms with Gasteiger partial charge < -0.3 is 9.84 Å². The Kier molecular flexibility index (Phi) is 4.13. The van der Waals surface area contributed by atoms with E-state index in [0.717, 1.165) is 17.7 Å². The molecule has 0 aromatic heterocycles. The number of para-hydroxylation sites is 1. The van der Waals surface area contributed by atoms with E-state index < -0.39 is 6.61 Å². The summed E-state index contributed by atoms with van der Waals surface area (Å²) in [7, 11) is 0. The molecule has 0 radical (unpaired) electrons. The minimum atomic E-state index is -0.464. The Morgan fingerprint density at radius 3 is 2.79 bits per heavy atom. The third-order valence-electron chi connectivity index (χ3n) is 1.92. The maximum Gasteiger partial charge on any atom is 0.195 e. The van der Waals surface area contributed by atoms with Gasteiger partial charge in [0.2, 0.25) is 0 Å². The van der Waals surface area contributed by atoms with Crippen molar-refractivity contribution in [3.8, 4) is 5.75 Å². The number of aliphatic hydroxyl groups excluding tert-OH is 1. The molecule has 0 spiro atoms. The Balaban J connectivity index is 2.61. The number of benzene rings is 1. The number of ketones is 1. The van der Waals surface area contributed by atoms with Crippen molar-refractivity contribution in [3.63, 3.8) is 0 Å². The first kappa shape index (κ1) is 10.7. The molecule has 0 aliphatic heterocycles. The quantitative estimate of drug-likeness (QED) is 0.765. The van der Waals surface area contributed by atoms with Crippen molar-refractivity contribution in [2.24, 2.45) is 0 Å². The van der Waals surface area contributed by atoms with Gasteiger partial charge >= 0.3 is 0 Å². The van der Waals surface area contributed by atoms with E-state index in [4.69, 9.17) is 9.84 Å². The van der Waals surface area contributed by atoms with Crippen LogP contribution < -0.4 is 4.74 Å². The lowest BCUT2D eigenvalue weighted by Crippen LogP contribution is -2.15. The van der Waals surface area contributed by atoms with E-state index in [1.54, 1.807) is 0 Å². The highest BCUT2D eigenvalue weighted by Crippen LogP contribution is 2.17. The summed E-state index contributed by atoms with van der Waals surface area (Å²) in [6.45, 7) is 1.50. The number of carbonyl (C=O) groups is 1. The predicted molar refractivity (Wildman–Crippen MR) is 53.4 cm³/mol. The first-order chi connectivity index (χ1) is 6.77. The highest BCUT2D eigenvalue weighted by molar-refractivity contribution is 5.80. The Morgan fingerprint density at radius 2 is 2.14 bits per heavy atom. The monoisotopic (exact) mass is 194 g/mol. The van der Waals surface area contributed by atoms with Crippen LogP contribution in [0, 0.1) is 0 Å². The van der Waals surface area contributed by atoms with Crippen LogP contribution in [0.4, 0.5) is 0 Å². The molecule has 3 heteroatoms. The Morgan fingerprint density at radius 1 is 1.43 bits per heavy atom. The van der Waals surface area contributed by atoms with Gasteiger partial charge in [-0.3, -0.25) is 4.79 Å². The largest absolute Gasteiger partial charge is 0.485 e. The minimum absolute atomic E-state index is 0.0620. The predicted octanol–water partition coefficient (Wildman–Crippen LogP) is 1.19. The van der Waals surface area contributed by atoms with Gasteiger partial charge in [0.05, 0.1) is 0 Å². The van der Waals surface area contributed by atoms with E-state index in [1.807, 2.05) is 31.2 Å². The summed E-state index contributed by atoms with van der Waals surface area (Å²) in [5.41, 5.74) is 1.07. The van der Waals surface area contributed by atoms with Gasteiger partial charge in [0.25, 0.3) is 0 Å². The molecule has 76 valence electrons. The fourth-order valence-electron chi connectivity index (χ4n) is 1.14. The van der Waals surface area contributed by atoms with Gasteiger partial charge in [-0.15, -0.1) is 0 Å². The summed E-state index contributed by atoms with van der Waals surface area (Å²) in [5, 5.41) is 8.51. The fraction of sp³-hybridized carbons (Fsp3) is 0.364. The Labute approximate surface area is 83.3 Å². The van der Waals surface area contributed by atoms with E-state index >= 15 is 0 Å². The number of ether oxygens (including phenoxy) is 1. The summed E-state index contributed by atoms with van der Waals surface area (Å²) >= 11 is 0. The molecule has 0 aliphatic rings. The van der Waals surface area contributed by atoms with Crippen molar-refractivity contribution in [2.75, 3.05) is 13.2 Å². The zero-order valence-electron chi connectivity index (χ0n) is 8.19. The lowest BCUT2D eigenvalue weighted by atomic mass is 10.1. The first-order valence-electron chi connectivity index (χ1n) is 4.61. The molecular formula is C11H14O3. The van der Waals surface area contributed by atoms with Crippen LogP contribution in [0.3, 0.4) is 0 Å². The zero-order valence-corrected chi connectivity index (χ0v) is 8.19. The highest BCUT2D eigenvalue weighted by atomic mass is 16.5. The molecule has 0 atom stereocenters. The molecule has 0 saturated carbocycles. The molecule has 0 bridgehead atoms. The van der Waals surface area contributed by atoms with E-state index in [2.05, 4.69) is 0 Å². The van der Waals surface area contributed by atoms with Crippen molar-refractivity contribution in [3.05, 3.63) is 29.8 Å². The number of carbonyl (C=O) groups excluding carboxylic acids is 1. The van der Waals surface area contributed by atoms with Crippen LogP contribution in [-0.4, -0.2) is 24.1 Å². The fourth-order valence-corrected chi connectivity index (χ4v) is 1.14. The van der Waals surface area contributed by atoms with Crippen LogP contribution in [0.5, 0.6) is 5.75 Å². The molecule has 0 unspecified atom stereocenters. The normalized spacial score (nSPS) is 9.86. The number of hydrogen-bond donors (Lipinski definition) is 1. The SMILES string of the molecule is CCc1ccccc1OCC(=O)CO.